The third-order valence-corrected chi connectivity index (χ3v) is 7.46. The second kappa shape index (κ2) is 7.46. The van der Waals surface area contributed by atoms with E-state index in [0.29, 0.717) is 17.0 Å². The van der Waals surface area contributed by atoms with Gasteiger partial charge in [0.15, 0.2) is 0 Å². The summed E-state index contributed by atoms with van der Waals surface area (Å²) < 4.78 is 103. The lowest BCUT2D eigenvalue weighted by molar-refractivity contribution is -0.148. The number of likely N-dealkylation sites (tertiary alicyclic amines) is 1. The zero-order valence-electron chi connectivity index (χ0n) is 15.0. The van der Waals surface area contributed by atoms with Crippen molar-refractivity contribution < 1.29 is 39.6 Å². The lowest BCUT2D eigenvalue weighted by Gasteiger charge is -2.37. The molecule has 1 aromatic carbocycles. The molecule has 3 rings (SSSR count). The lowest BCUT2D eigenvalue weighted by Crippen LogP contribution is -2.48. The SMILES string of the molecule is O=C1N(C(F)C(F)F)CCC12CCN(S(=O)(=O)c1ccc(C(F)(F)F)cc1)CC2. The molecule has 1 atom stereocenters. The second-order valence-electron chi connectivity index (χ2n) is 7.16. The summed E-state index contributed by atoms with van der Waals surface area (Å²) in [4.78, 5) is 12.6. The number of alkyl halides is 6. The van der Waals surface area contributed by atoms with Crippen LogP contribution < -0.4 is 0 Å². The maximum absolute atomic E-state index is 13.6. The number of halogens is 6. The van der Waals surface area contributed by atoms with Crippen LogP contribution in [0.25, 0.3) is 0 Å². The zero-order chi connectivity index (χ0) is 21.6. The minimum Gasteiger partial charge on any atom is -0.307 e. The molecule has 2 aliphatic rings. The Balaban J connectivity index is 1.71. The number of nitrogens with zero attached hydrogens (tertiary/aromatic N) is 2. The molecule has 0 aromatic heterocycles. The van der Waals surface area contributed by atoms with Gasteiger partial charge >= 0.3 is 6.18 Å². The van der Waals surface area contributed by atoms with E-state index in [4.69, 9.17) is 0 Å². The summed E-state index contributed by atoms with van der Waals surface area (Å²) in [5, 5.41) is 0. The Hall–Kier alpha value is -1.82. The number of hydrogen-bond donors (Lipinski definition) is 0. The van der Waals surface area contributed by atoms with Gasteiger partial charge in [-0.05, 0) is 43.5 Å². The molecule has 2 saturated heterocycles. The number of piperidine rings is 1. The summed E-state index contributed by atoms with van der Waals surface area (Å²) in [5.74, 6) is -0.753. The molecule has 5 nitrogen and oxygen atoms in total. The molecule has 0 bridgehead atoms. The van der Waals surface area contributed by atoms with Crippen LogP contribution in [0.5, 0.6) is 0 Å². The predicted octanol–water partition coefficient (Wildman–Crippen LogP) is 3.27. The van der Waals surface area contributed by atoms with E-state index in [1.807, 2.05) is 0 Å². The summed E-state index contributed by atoms with van der Waals surface area (Å²) in [6.07, 6.45) is -10.4. The van der Waals surface area contributed by atoms with Crippen molar-refractivity contribution in [3.05, 3.63) is 29.8 Å². The van der Waals surface area contributed by atoms with E-state index in [9.17, 15) is 39.6 Å². The topological polar surface area (TPSA) is 57.7 Å². The van der Waals surface area contributed by atoms with Crippen molar-refractivity contribution in [2.45, 2.75) is 43.1 Å². The highest BCUT2D eigenvalue weighted by atomic mass is 32.2. The average molecular weight is 444 g/mol. The van der Waals surface area contributed by atoms with E-state index >= 15 is 0 Å². The maximum atomic E-state index is 13.6. The molecule has 0 saturated carbocycles. The molecule has 162 valence electrons. The van der Waals surface area contributed by atoms with Gasteiger partial charge in [0, 0.05) is 19.6 Å². The Morgan fingerprint density at radius 2 is 1.45 bits per heavy atom. The van der Waals surface area contributed by atoms with Gasteiger partial charge in [-0.25, -0.2) is 21.6 Å². The third kappa shape index (κ3) is 3.96. The highest BCUT2D eigenvalue weighted by Crippen LogP contribution is 2.43. The fourth-order valence-electron chi connectivity index (χ4n) is 3.80. The van der Waals surface area contributed by atoms with Crippen LogP contribution in [0.1, 0.15) is 24.8 Å². The molecule has 2 heterocycles. The molecule has 12 heteroatoms. The first-order chi connectivity index (χ1) is 13.4. The first kappa shape index (κ1) is 21.9. The molecule has 0 N–H and O–H groups in total. The lowest BCUT2D eigenvalue weighted by atomic mass is 9.77. The molecule has 1 unspecified atom stereocenters. The van der Waals surface area contributed by atoms with Gasteiger partial charge in [0.2, 0.25) is 22.2 Å². The summed E-state index contributed by atoms with van der Waals surface area (Å²) in [5.41, 5.74) is -2.07. The second-order valence-corrected chi connectivity index (χ2v) is 9.10. The van der Waals surface area contributed by atoms with E-state index in [1.165, 1.54) is 0 Å². The Kier molecular flexibility index (Phi) is 5.63. The Bertz CT molecular complexity index is 864. The monoisotopic (exact) mass is 444 g/mol. The fraction of sp³-hybridized carbons (Fsp3) is 0.588. The maximum Gasteiger partial charge on any atom is 0.416 e. The van der Waals surface area contributed by atoms with Crippen molar-refractivity contribution >= 4 is 15.9 Å². The average Bonchev–Trinajstić information content (AvgIpc) is 2.97. The number of amides is 1. The molecule has 29 heavy (non-hydrogen) atoms. The van der Waals surface area contributed by atoms with Gasteiger partial charge in [0.05, 0.1) is 15.9 Å². The van der Waals surface area contributed by atoms with E-state index in [2.05, 4.69) is 0 Å². The van der Waals surface area contributed by atoms with E-state index in [0.717, 1.165) is 16.4 Å². The van der Waals surface area contributed by atoms with Gasteiger partial charge in [0.1, 0.15) is 0 Å². The van der Waals surface area contributed by atoms with Gasteiger partial charge in [-0.15, -0.1) is 0 Å². The van der Waals surface area contributed by atoms with Gasteiger partial charge < -0.3 is 4.90 Å². The van der Waals surface area contributed by atoms with Crippen LogP contribution in [-0.2, 0) is 21.0 Å². The number of sulfonamides is 1. The number of benzene rings is 1. The van der Waals surface area contributed by atoms with Crippen molar-refractivity contribution in [2.75, 3.05) is 19.6 Å². The fourth-order valence-corrected chi connectivity index (χ4v) is 5.24. The van der Waals surface area contributed by atoms with Crippen LogP contribution in [0, 0.1) is 5.41 Å². The molecule has 1 amide bonds. The molecular formula is C17H18F6N2O3S. The van der Waals surface area contributed by atoms with Crippen LogP contribution in [0.3, 0.4) is 0 Å². The van der Waals surface area contributed by atoms with Crippen molar-refractivity contribution in [3.8, 4) is 0 Å². The summed E-state index contributed by atoms with van der Waals surface area (Å²) >= 11 is 0. The standard InChI is InChI=1S/C17H18F6N2O3S/c18-13(19)14(20)25-10-7-16(15(25)26)5-8-24(9-6-16)29(27,28)12-3-1-11(2-4-12)17(21,22)23/h1-4,13-14H,5-10H2. The molecular weight excluding hydrogens is 426 g/mol. The highest BCUT2D eigenvalue weighted by molar-refractivity contribution is 7.89. The van der Waals surface area contributed by atoms with Crippen LogP contribution in [0.15, 0.2) is 29.2 Å². The van der Waals surface area contributed by atoms with Gasteiger partial charge in [-0.2, -0.15) is 17.5 Å². The molecule has 2 aliphatic heterocycles. The number of rotatable bonds is 4. The molecule has 0 aliphatic carbocycles. The third-order valence-electron chi connectivity index (χ3n) is 5.55. The smallest absolute Gasteiger partial charge is 0.307 e. The number of carbonyl (C=O) groups excluding carboxylic acids is 1. The molecule has 0 radical (unpaired) electrons. The Morgan fingerprint density at radius 3 is 1.93 bits per heavy atom. The number of carbonyl (C=O) groups is 1. The zero-order valence-corrected chi connectivity index (χ0v) is 15.8. The summed E-state index contributed by atoms with van der Waals surface area (Å²) in [6.45, 7) is -0.404. The van der Waals surface area contributed by atoms with Crippen LogP contribution in [0.4, 0.5) is 26.3 Å². The molecule has 1 aromatic rings. The van der Waals surface area contributed by atoms with E-state index in [-0.39, 0.29) is 43.8 Å². The van der Waals surface area contributed by atoms with Gasteiger partial charge in [0.25, 0.3) is 6.43 Å². The minimum atomic E-state index is -4.60. The number of hydrogen-bond acceptors (Lipinski definition) is 3. The van der Waals surface area contributed by atoms with Crippen molar-refractivity contribution in [1.29, 1.82) is 0 Å². The summed E-state index contributed by atoms with van der Waals surface area (Å²) in [6, 6.07) is 3.06. The van der Waals surface area contributed by atoms with Crippen molar-refractivity contribution in [2.24, 2.45) is 5.41 Å². The quantitative estimate of drug-likeness (QED) is 0.529. The molecule has 1 spiro atoms. The Morgan fingerprint density at radius 1 is 0.931 bits per heavy atom. The first-order valence-electron chi connectivity index (χ1n) is 8.79. The summed E-state index contributed by atoms with van der Waals surface area (Å²) in [7, 11) is -4.08. The highest BCUT2D eigenvalue weighted by Gasteiger charge is 2.52. The largest absolute Gasteiger partial charge is 0.416 e. The van der Waals surface area contributed by atoms with Crippen LogP contribution in [-0.4, -0.2) is 55.9 Å². The van der Waals surface area contributed by atoms with Gasteiger partial charge in [-0.3, -0.25) is 4.79 Å². The molecule has 2 fully saturated rings. The van der Waals surface area contributed by atoms with E-state index < -0.39 is 45.8 Å². The van der Waals surface area contributed by atoms with E-state index in [1.54, 1.807) is 0 Å². The van der Waals surface area contributed by atoms with Gasteiger partial charge in [-0.1, -0.05) is 0 Å². The normalized spacial score (nSPS) is 21.9. The minimum absolute atomic E-state index is 0.0259. The van der Waals surface area contributed by atoms with Crippen LogP contribution >= 0.6 is 0 Å². The first-order valence-corrected chi connectivity index (χ1v) is 10.2. The predicted molar refractivity (Wildman–Crippen MR) is 89.1 cm³/mol. The van der Waals surface area contributed by atoms with Crippen molar-refractivity contribution in [1.82, 2.24) is 9.21 Å². The Labute approximate surface area is 163 Å². The van der Waals surface area contributed by atoms with Crippen molar-refractivity contribution in [3.63, 3.8) is 0 Å². The van der Waals surface area contributed by atoms with Crippen LogP contribution in [0.2, 0.25) is 0 Å².